The van der Waals surface area contributed by atoms with Crippen LogP contribution in [0.1, 0.15) is 20.3 Å². The van der Waals surface area contributed by atoms with Crippen molar-refractivity contribution in [3.63, 3.8) is 0 Å². The van der Waals surface area contributed by atoms with Crippen LogP contribution in [-0.2, 0) is 23.1 Å². The van der Waals surface area contributed by atoms with Crippen molar-refractivity contribution in [3.05, 3.63) is 63.3 Å². The van der Waals surface area contributed by atoms with E-state index in [0.717, 1.165) is 22.5 Å². The predicted molar refractivity (Wildman–Crippen MR) is 138 cm³/mol. The van der Waals surface area contributed by atoms with Gasteiger partial charge in [0.25, 0.3) is 5.56 Å². The number of aromatic amines is 1. The van der Waals surface area contributed by atoms with Crippen molar-refractivity contribution in [1.82, 2.24) is 19.1 Å². The average molecular weight is 513 g/mol. The minimum absolute atomic E-state index is 0.0376. The number of nitrogens with one attached hydrogen (secondary N) is 1. The van der Waals surface area contributed by atoms with Crippen LogP contribution in [0.4, 0.5) is 0 Å². The lowest BCUT2D eigenvalue weighted by Gasteiger charge is -2.17. The van der Waals surface area contributed by atoms with Crippen molar-refractivity contribution in [2.24, 2.45) is 7.05 Å². The van der Waals surface area contributed by atoms with Gasteiger partial charge in [0.05, 0.1) is 13.2 Å². The van der Waals surface area contributed by atoms with Gasteiger partial charge in [-0.2, -0.15) is 0 Å². The average Bonchev–Trinajstić information content (AvgIpc) is 3.22. The highest BCUT2D eigenvalue weighted by Crippen LogP contribution is 2.29. The fourth-order valence-electron chi connectivity index (χ4n) is 3.91. The molecular weight excluding hydrogens is 484 g/mol. The number of hydrogen-bond acceptors (Lipinski definition) is 8. The molecule has 0 saturated carbocycles. The zero-order valence-electron chi connectivity index (χ0n) is 20.3. The van der Waals surface area contributed by atoms with E-state index < -0.39 is 28.6 Å². The number of thioether (sulfide) groups is 1. The number of hydrogen-bond donors (Lipinski definition) is 2. The number of carbonyl (C=O) groups excluding carboxylic acids is 1. The van der Waals surface area contributed by atoms with Gasteiger partial charge in [-0.25, -0.2) is 9.78 Å². The summed E-state index contributed by atoms with van der Waals surface area (Å²) in [4.78, 5) is 44.1. The predicted octanol–water partition coefficient (Wildman–Crippen LogP) is 2.45. The minimum atomic E-state index is -1.01. The Hall–Kier alpha value is -3.57. The van der Waals surface area contributed by atoms with Crippen LogP contribution in [-0.4, -0.2) is 54.7 Å². The van der Waals surface area contributed by atoms with Gasteiger partial charge in [0.2, 0.25) is 0 Å². The number of benzene rings is 2. The highest BCUT2D eigenvalue weighted by molar-refractivity contribution is 8.00. The molecule has 4 rings (SSSR count). The highest BCUT2D eigenvalue weighted by Gasteiger charge is 2.26. The van der Waals surface area contributed by atoms with Crippen LogP contribution in [0.3, 0.4) is 0 Å². The SMILES string of the molecule is CCOC(=O)[C@@H](CC)Sc1nc2c(c(=O)[nH]c(=O)n2C)n1C[C@H](O)COc1cccc2ccccc12. The number of aliphatic hydroxyl groups excluding tert-OH is 1. The molecule has 2 heterocycles. The number of aliphatic hydroxyl groups is 1. The third-order valence-electron chi connectivity index (χ3n) is 5.71. The molecule has 0 unspecified atom stereocenters. The second-order valence-electron chi connectivity index (χ2n) is 8.20. The summed E-state index contributed by atoms with van der Waals surface area (Å²) >= 11 is 1.13. The normalized spacial score (nSPS) is 13.1. The maximum absolute atomic E-state index is 12.7. The topological polar surface area (TPSA) is 128 Å². The Labute approximate surface area is 210 Å². The molecule has 0 aliphatic heterocycles. The summed E-state index contributed by atoms with van der Waals surface area (Å²) in [5.41, 5.74) is -0.945. The first-order valence-electron chi connectivity index (χ1n) is 11.7. The van der Waals surface area contributed by atoms with Crippen molar-refractivity contribution in [2.45, 2.75) is 43.3 Å². The molecule has 2 N–H and O–H groups in total. The molecule has 36 heavy (non-hydrogen) atoms. The van der Waals surface area contributed by atoms with Gasteiger partial charge in [-0.1, -0.05) is 55.1 Å². The molecule has 0 radical (unpaired) electrons. The lowest BCUT2D eigenvalue weighted by atomic mass is 10.1. The number of ether oxygens (including phenoxy) is 2. The number of aromatic nitrogens is 4. The van der Waals surface area contributed by atoms with E-state index in [1.807, 2.05) is 49.4 Å². The van der Waals surface area contributed by atoms with Crippen LogP contribution >= 0.6 is 11.8 Å². The smallest absolute Gasteiger partial charge is 0.329 e. The first-order chi connectivity index (χ1) is 17.3. The standard InChI is InChI=1S/C25H28N4O6S/c1-4-19(23(32)34-5-2)36-25-26-21-20(22(31)27-24(33)28(21)3)29(25)13-16(30)14-35-18-12-8-10-15-9-6-7-11-17(15)18/h6-12,16,19,30H,4-5,13-14H2,1-3H3,(H,27,31,33)/t16-,19+/m0/s1. The van der Waals surface area contributed by atoms with Crippen LogP contribution in [0.2, 0.25) is 0 Å². The van der Waals surface area contributed by atoms with E-state index in [4.69, 9.17) is 9.47 Å². The van der Waals surface area contributed by atoms with Crippen LogP contribution in [0.5, 0.6) is 5.75 Å². The zero-order chi connectivity index (χ0) is 25.8. The fourth-order valence-corrected chi connectivity index (χ4v) is 4.92. The zero-order valence-corrected chi connectivity index (χ0v) is 21.1. The Bertz CT molecular complexity index is 1500. The molecule has 0 fully saturated rings. The van der Waals surface area contributed by atoms with Gasteiger partial charge in [0.15, 0.2) is 16.3 Å². The van der Waals surface area contributed by atoms with Gasteiger partial charge in [0, 0.05) is 12.4 Å². The molecule has 2 aromatic heterocycles. The largest absolute Gasteiger partial charge is 0.490 e. The summed E-state index contributed by atoms with van der Waals surface area (Å²) in [7, 11) is 1.50. The molecule has 10 nitrogen and oxygen atoms in total. The number of esters is 1. The van der Waals surface area contributed by atoms with Gasteiger partial charge in [-0.05, 0) is 24.8 Å². The summed E-state index contributed by atoms with van der Waals surface area (Å²) in [6.45, 7) is 3.73. The summed E-state index contributed by atoms with van der Waals surface area (Å²) in [6.07, 6.45) is -0.547. The van der Waals surface area contributed by atoms with Crippen molar-refractivity contribution >= 4 is 39.7 Å². The van der Waals surface area contributed by atoms with E-state index in [9.17, 15) is 19.5 Å². The molecule has 2 aromatic carbocycles. The molecule has 0 amide bonds. The molecule has 0 aliphatic rings. The van der Waals surface area contributed by atoms with Gasteiger partial charge in [0.1, 0.15) is 23.7 Å². The van der Waals surface area contributed by atoms with E-state index in [1.54, 1.807) is 6.92 Å². The molecular formula is C25H28N4O6S. The number of carbonyl (C=O) groups is 1. The maximum Gasteiger partial charge on any atom is 0.329 e. The van der Waals surface area contributed by atoms with E-state index in [1.165, 1.54) is 16.2 Å². The van der Waals surface area contributed by atoms with Crippen LogP contribution in [0.25, 0.3) is 21.9 Å². The van der Waals surface area contributed by atoms with E-state index >= 15 is 0 Å². The molecule has 0 spiro atoms. The number of nitrogens with zero attached hydrogens (tertiary/aromatic N) is 3. The first-order valence-corrected chi connectivity index (χ1v) is 12.5. The van der Waals surface area contributed by atoms with Gasteiger partial charge in [-0.3, -0.25) is 19.1 Å². The lowest BCUT2D eigenvalue weighted by molar-refractivity contribution is -0.142. The van der Waals surface area contributed by atoms with Crippen molar-refractivity contribution < 1.29 is 19.4 Å². The number of rotatable bonds is 10. The molecule has 0 saturated heterocycles. The molecule has 0 bridgehead atoms. The summed E-state index contributed by atoms with van der Waals surface area (Å²) in [5, 5.41) is 12.6. The van der Waals surface area contributed by atoms with E-state index in [2.05, 4.69) is 9.97 Å². The Kier molecular flexibility index (Phi) is 7.80. The Morgan fingerprint density at radius 3 is 2.67 bits per heavy atom. The lowest BCUT2D eigenvalue weighted by Crippen LogP contribution is -2.31. The number of imidazole rings is 1. The van der Waals surface area contributed by atoms with Crippen LogP contribution in [0.15, 0.2) is 57.2 Å². The Morgan fingerprint density at radius 2 is 1.92 bits per heavy atom. The second kappa shape index (κ2) is 11.0. The molecule has 4 aromatic rings. The highest BCUT2D eigenvalue weighted by atomic mass is 32.2. The van der Waals surface area contributed by atoms with Crippen molar-refractivity contribution in [1.29, 1.82) is 0 Å². The van der Waals surface area contributed by atoms with Gasteiger partial charge >= 0.3 is 11.7 Å². The second-order valence-corrected chi connectivity index (χ2v) is 9.37. The van der Waals surface area contributed by atoms with Crippen molar-refractivity contribution in [2.75, 3.05) is 13.2 Å². The Balaban J connectivity index is 1.65. The number of H-pyrrole nitrogens is 1. The fraction of sp³-hybridized carbons (Fsp3) is 0.360. The molecule has 190 valence electrons. The van der Waals surface area contributed by atoms with Crippen LogP contribution < -0.4 is 16.0 Å². The van der Waals surface area contributed by atoms with Gasteiger partial charge < -0.3 is 19.1 Å². The summed E-state index contributed by atoms with van der Waals surface area (Å²) in [6, 6.07) is 13.5. The molecule has 2 atom stereocenters. The monoisotopic (exact) mass is 512 g/mol. The third-order valence-corrected chi connectivity index (χ3v) is 7.05. The van der Waals surface area contributed by atoms with Crippen molar-refractivity contribution in [3.8, 4) is 5.75 Å². The minimum Gasteiger partial charge on any atom is -0.490 e. The van der Waals surface area contributed by atoms with Crippen LogP contribution in [0, 0.1) is 0 Å². The van der Waals surface area contributed by atoms with Gasteiger partial charge in [-0.15, -0.1) is 0 Å². The molecule has 11 heteroatoms. The summed E-state index contributed by atoms with van der Waals surface area (Å²) < 4.78 is 13.8. The number of aryl methyl sites for hydroxylation is 1. The Morgan fingerprint density at radius 1 is 1.17 bits per heavy atom. The first kappa shape index (κ1) is 25.5. The van der Waals surface area contributed by atoms with E-state index in [0.29, 0.717) is 17.3 Å². The number of fused-ring (bicyclic) bond motifs is 2. The summed E-state index contributed by atoms with van der Waals surface area (Å²) in [5.74, 6) is 0.233. The van der Waals surface area contributed by atoms with E-state index in [-0.39, 0.29) is 30.9 Å². The molecule has 0 aliphatic carbocycles. The maximum atomic E-state index is 12.7. The quantitative estimate of drug-likeness (QED) is 0.245. The third kappa shape index (κ3) is 5.17.